The van der Waals surface area contributed by atoms with Crippen molar-refractivity contribution >= 4 is 58.5 Å². The van der Waals surface area contributed by atoms with E-state index >= 15 is 0 Å². The molecule has 2 aliphatic rings. The number of benzene rings is 3. The van der Waals surface area contributed by atoms with E-state index in [9.17, 15) is 19.5 Å². The highest BCUT2D eigenvalue weighted by Crippen LogP contribution is 2.44. The molecule has 2 unspecified atom stereocenters. The first-order valence-electron chi connectivity index (χ1n) is 19.1. The van der Waals surface area contributed by atoms with Gasteiger partial charge in [-0.15, -0.1) is 0 Å². The lowest BCUT2D eigenvalue weighted by atomic mass is 9.81. The van der Waals surface area contributed by atoms with Crippen molar-refractivity contribution in [2.24, 2.45) is 0 Å². The Morgan fingerprint density at radius 2 is 1.49 bits per heavy atom. The van der Waals surface area contributed by atoms with Crippen LogP contribution in [0.4, 0.5) is 9.59 Å². The van der Waals surface area contributed by atoms with Crippen molar-refractivity contribution < 1.29 is 33.7 Å². The normalized spacial score (nSPS) is 17.9. The van der Waals surface area contributed by atoms with E-state index in [1.54, 1.807) is 40.0 Å². The van der Waals surface area contributed by atoms with Gasteiger partial charge in [-0.1, -0.05) is 102 Å². The number of aliphatic hydroxyl groups excluding tert-OH is 1. The topological polar surface area (TPSA) is 109 Å². The minimum Gasteiger partial charge on any atom is -0.493 e. The predicted molar refractivity (Wildman–Crippen MR) is 225 cm³/mol. The summed E-state index contributed by atoms with van der Waals surface area (Å²) in [4.78, 5) is 47.1. The van der Waals surface area contributed by atoms with Crippen LogP contribution in [-0.2, 0) is 20.7 Å². The number of hydrogen-bond acceptors (Lipinski definition) is 7. The number of amides is 3. The minimum atomic E-state index is -1.96. The highest BCUT2D eigenvalue weighted by atomic mass is 35.6. The molecule has 5 rings (SSSR count). The lowest BCUT2D eigenvalue weighted by Crippen LogP contribution is -2.66. The SMILES string of the molecule is Cc1ccc(C)c(OCCc2ccc(C3=C(C(=O)N(C)C[C@H](O)c4ccccc4)C4CN(C(=O)OC(C)(C)C)CC(C3)N4C(=O)OC(C)(C)C(Cl)(Cl)Cl)cc2)c1C. The fourth-order valence-corrected chi connectivity index (χ4v) is 7.27. The summed E-state index contributed by atoms with van der Waals surface area (Å²) < 4.78 is 15.9. The highest BCUT2D eigenvalue weighted by molar-refractivity contribution is 6.68. The summed E-state index contributed by atoms with van der Waals surface area (Å²) in [5, 5.41) is 11.2. The lowest BCUT2D eigenvalue weighted by Gasteiger charge is -2.51. The maximum Gasteiger partial charge on any atom is 0.411 e. The molecular formula is C44H54Cl3N3O7. The predicted octanol–water partition coefficient (Wildman–Crippen LogP) is 9.16. The zero-order valence-electron chi connectivity index (χ0n) is 34.2. The van der Waals surface area contributed by atoms with Crippen LogP contribution in [-0.4, -0.2) is 98.3 Å². The van der Waals surface area contributed by atoms with Crippen LogP contribution in [0.1, 0.15) is 80.5 Å². The Hall–Kier alpha value is -3.96. The van der Waals surface area contributed by atoms with E-state index < -0.39 is 51.3 Å². The maximum atomic E-state index is 14.9. The molecule has 10 nitrogen and oxygen atoms in total. The standard InChI is InChI=1S/C44H54Cl3N3O7/c1-27-15-16-28(2)38(29(27)3)55-22-21-30-17-19-31(20-18-30)34-23-33-24-49(40(53)56-42(4,5)6)25-35(50(33)41(54)57-43(7,8)44(45,46)47)37(34)39(52)48(9)26-36(51)32-13-11-10-12-14-32/h10-20,33,35-36,51H,21-26H2,1-9H3/t33?,35?,36-/m0/s1. The number of carbonyl (C=O) groups is 3. The number of carbonyl (C=O) groups excluding carboxylic acids is 3. The molecule has 2 bridgehead atoms. The third-order valence-electron chi connectivity index (χ3n) is 10.6. The van der Waals surface area contributed by atoms with Gasteiger partial charge in [-0.2, -0.15) is 0 Å². The first kappa shape index (κ1) is 44.1. The number of likely N-dealkylation sites (N-methyl/N-ethyl adjacent to an activating group) is 1. The Labute approximate surface area is 351 Å². The Morgan fingerprint density at radius 1 is 0.860 bits per heavy atom. The molecule has 13 heteroatoms. The smallest absolute Gasteiger partial charge is 0.411 e. The number of aryl methyl sites for hydroxylation is 2. The van der Waals surface area contributed by atoms with Gasteiger partial charge in [0, 0.05) is 32.1 Å². The van der Waals surface area contributed by atoms with Gasteiger partial charge >= 0.3 is 12.2 Å². The van der Waals surface area contributed by atoms with E-state index in [2.05, 4.69) is 26.0 Å². The molecule has 1 fully saturated rings. The molecule has 3 atom stereocenters. The van der Waals surface area contributed by atoms with E-state index in [4.69, 9.17) is 49.0 Å². The molecule has 3 aromatic rings. The number of alkyl halides is 3. The highest BCUT2D eigenvalue weighted by Gasteiger charge is 2.52. The Balaban J connectivity index is 1.53. The molecule has 2 aliphatic heterocycles. The monoisotopic (exact) mass is 841 g/mol. The molecule has 0 radical (unpaired) electrons. The van der Waals surface area contributed by atoms with Crippen LogP contribution in [0.25, 0.3) is 5.57 Å². The van der Waals surface area contributed by atoms with Gasteiger partial charge in [-0.3, -0.25) is 9.69 Å². The minimum absolute atomic E-state index is 0.0326. The second kappa shape index (κ2) is 17.5. The molecule has 2 heterocycles. The molecule has 0 aliphatic carbocycles. The quantitative estimate of drug-likeness (QED) is 0.203. The molecule has 1 saturated heterocycles. The lowest BCUT2D eigenvalue weighted by molar-refractivity contribution is -0.128. The van der Waals surface area contributed by atoms with Crippen LogP contribution >= 0.6 is 34.8 Å². The van der Waals surface area contributed by atoms with Gasteiger partial charge in [0.1, 0.15) is 11.4 Å². The number of fused-ring (bicyclic) bond motifs is 2. The number of nitrogens with zero attached hydrogens (tertiary/aromatic N) is 3. The summed E-state index contributed by atoms with van der Waals surface area (Å²) in [7, 11) is 1.61. The molecular weight excluding hydrogens is 789 g/mol. The zero-order chi connectivity index (χ0) is 42.0. The van der Waals surface area contributed by atoms with E-state index in [1.807, 2.05) is 49.4 Å². The molecule has 57 heavy (non-hydrogen) atoms. The average molecular weight is 843 g/mol. The summed E-state index contributed by atoms with van der Waals surface area (Å²) >= 11 is 18.7. The number of ether oxygens (including phenoxy) is 3. The Kier molecular flexibility index (Phi) is 13.5. The molecule has 308 valence electrons. The molecule has 0 aromatic heterocycles. The van der Waals surface area contributed by atoms with Crippen LogP contribution < -0.4 is 4.74 Å². The van der Waals surface area contributed by atoms with Crippen molar-refractivity contribution in [3.8, 4) is 5.75 Å². The van der Waals surface area contributed by atoms with Gasteiger partial charge in [0.2, 0.25) is 3.79 Å². The first-order valence-corrected chi connectivity index (χ1v) is 20.3. The van der Waals surface area contributed by atoms with Crippen molar-refractivity contribution in [1.29, 1.82) is 0 Å². The summed E-state index contributed by atoms with van der Waals surface area (Å²) in [6.45, 7) is 15.0. The summed E-state index contributed by atoms with van der Waals surface area (Å²) in [6.07, 6.45) is -1.49. The van der Waals surface area contributed by atoms with Crippen molar-refractivity contribution in [3.63, 3.8) is 0 Å². The summed E-state index contributed by atoms with van der Waals surface area (Å²) in [6, 6.07) is 19.6. The third-order valence-corrected chi connectivity index (χ3v) is 11.9. The maximum absolute atomic E-state index is 14.9. The van der Waals surface area contributed by atoms with Crippen molar-refractivity contribution in [2.45, 2.75) is 101 Å². The van der Waals surface area contributed by atoms with Gasteiger partial charge in [0.05, 0.1) is 31.3 Å². The molecule has 0 spiro atoms. The molecule has 1 N–H and O–H groups in total. The van der Waals surface area contributed by atoms with Gasteiger partial charge in [-0.05, 0) is 101 Å². The van der Waals surface area contributed by atoms with Crippen molar-refractivity contribution in [2.75, 3.05) is 33.3 Å². The van der Waals surface area contributed by atoms with E-state index in [-0.39, 0.29) is 31.6 Å². The number of hydrogen-bond donors (Lipinski definition) is 1. The summed E-state index contributed by atoms with van der Waals surface area (Å²) in [5.74, 6) is 0.477. The van der Waals surface area contributed by atoms with Gasteiger partial charge in [0.15, 0.2) is 5.60 Å². The second-order valence-electron chi connectivity index (χ2n) is 16.5. The Bertz CT molecular complexity index is 1970. The van der Waals surface area contributed by atoms with Crippen molar-refractivity contribution in [1.82, 2.24) is 14.7 Å². The number of halogens is 3. The second-order valence-corrected chi connectivity index (χ2v) is 18.8. The van der Waals surface area contributed by atoms with Gasteiger partial charge < -0.3 is 29.1 Å². The first-order chi connectivity index (χ1) is 26.6. The van der Waals surface area contributed by atoms with Crippen molar-refractivity contribution in [3.05, 3.63) is 106 Å². The number of piperazine rings is 1. The van der Waals surface area contributed by atoms with Crippen LogP contribution in [0, 0.1) is 20.8 Å². The molecule has 0 saturated carbocycles. The fourth-order valence-electron chi connectivity index (χ4n) is 7.15. The zero-order valence-corrected chi connectivity index (χ0v) is 36.5. The third kappa shape index (κ3) is 10.4. The Morgan fingerprint density at radius 3 is 2.11 bits per heavy atom. The number of aliphatic hydroxyl groups is 1. The van der Waals surface area contributed by atoms with Crippen LogP contribution in [0.15, 0.2) is 72.3 Å². The van der Waals surface area contributed by atoms with Gasteiger partial charge in [0.25, 0.3) is 5.91 Å². The van der Waals surface area contributed by atoms with Crippen LogP contribution in [0.3, 0.4) is 0 Å². The largest absolute Gasteiger partial charge is 0.493 e. The van der Waals surface area contributed by atoms with E-state index in [0.717, 1.165) is 33.6 Å². The molecule has 3 amide bonds. The molecule has 3 aromatic carbocycles. The number of rotatable bonds is 10. The van der Waals surface area contributed by atoms with Crippen LogP contribution in [0.2, 0.25) is 0 Å². The summed E-state index contributed by atoms with van der Waals surface area (Å²) in [5.41, 5.74) is 4.54. The average Bonchev–Trinajstić information content (AvgIpc) is 3.13. The fraction of sp³-hybridized carbons (Fsp3) is 0.477. The van der Waals surface area contributed by atoms with Gasteiger partial charge in [-0.25, -0.2) is 9.59 Å². The van der Waals surface area contributed by atoms with E-state index in [1.165, 1.54) is 34.1 Å². The van der Waals surface area contributed by atoms with E-state index in [0.29, 0.717) is 18.6 Å². The van der Waals surface area contributed by atoms with Crippen LogP contribution in [0.5, 0.6) is 5.75 Å².